The van der Waals surface area contributed by atoms with Crippen molar-refractivity contribution in [2.75, 3.05) is 24.4 Å². The van der Waals surface area contributed by atoms with E-state index in [1.165, 1.54) is 37.6 Å². The lowest BCUT2D eigenvalue weighted by Crippen LogP contribution is -2.32. The first kappa shape index (κ1) is 28.7. The number of amides is 3. The van der Waals surface area contributed by atoms with Crippen LogP contribution in [0, 0.1) is 0 Å². The molecule has 3 aromatic carbocycles. The number of benzene rings is 3. The molecular formula is C27H25F3N4O5. The molecule has 0 aliphatic carbocycles. The van der Waals surface area contributed by atoms with Gasteiger partial charge in [-0.25, -0.2) is 5.43 Å². The van der Waals surface area contributed by atoms with Crippen molar-refractivity contribution in [2.24, 2.45) is 5.10 Å². The van der Waals surface area contributed by atoms with Crippen molar-refractivity contribution >= 4 is 35.3 Å². The van der Waals surface area contributed by atoms with Gasteiger partial charge >= 0.3 is 18.0 Å². The van der Waals surface area contributed by atoms with Gasteiger partial charge in [0.05, 0.1) is 18.9 Å². The fourth-order valence-corrected chi connectivity index (χ4v) is 3.34. The number of carbonyl (C=O) groups is 3. The third-order valence-corrected chi connectivity index (χ3v) is 5.25. The number of halogens is 3. The maximum absolute atomic E-state index is 12.9. The highest BCUT2D eigenvalue weighted by Crippen LogP contribution is 2.31. The Morgan fingerprint density at radius 1 is 0.923 bits per heavy atom. The van der Waals surface area contributed by atoms with Crippen molar-refractivity contribution in [3.05, 3.63) is 83.4 Å². The second kappa shape index (κ2) is 13.1. The molecule has 0 saturated heterocycles. The summed E-state index contributed by atoms with van der Waals surface area (Å²) in [6.45, 7) is 1.43. The molecule has 0 aliphatic heterocycles. The Morgan fingerprint density at radius 2 is 1.69 bits per heavy atom. The van der Waals surface area contributed by atoms with E-state index in [1.807, 2.05) is 19.1 Å². The summed E-state index contributed by atoms with van der Waals surface area (Å²) < 4.78 is 49.2. The first-order valence-electron chi connectivity index (χ1n) is 11.6. The average Bonchev–Trinajstić information content (AvgIpc) is 2.92. The second-order valence-corrected chi connectivity index (χ2v) is 7.99. The van der Waals surface area contributed by atoms with E-state index >= 15 is 0 Å². The fraction of sp³-hybridized carbons (Fsp3) is 0.185. The van der Waals surface area contributed by atoms with Crippen molar-refractivity contribution in [1.82, 2.24) is 5.43 Å². The van der Waals surface area contributed by atoms with Gasteiger partial charge in [0.15, 0.2) is 18.1 Å². The summed E-state index contributed by atoms with van der Waals surface area (Å²) in [5.41, 5.74) is 3.12. The number of hydrogen-bond donors (Lipinski definition) is 3. The van der Waals surface area contributed by atoms with Gasteiger partial charge in [0, 0.05) is 11.4 Å². The van der Waals surface area contributed by atoms with Gasteiger partial charge in [0.25, 0.3) is 5.91 Å². The number of nitrogens with zero attached hydrogens (tertiary/aromatic N) is 1. The highest BCUT2D eigenvalue weighted by Gasteiger charge is 2.30. The van der Waals surface area contributed by atoms with E-state index in [9.17, 15) is 27.6 Å². The third kappa shape index (κ3) is 8.32. The maximum Gasteiger partial charge on any atom is 0.416 e. The lowest BCUT2D eigenvalue weighted by molar-refractivity contribution is -0.137. The van der Waals surface area contributed by atoms with Gasteiger partial charge < -0.3 is 20.1 Å². The number of hydrazone groups is 1. The molecule has 0 atom stereocenters. The highest BCUT2D eigenvalue weighted by atomic mass is 19.4. The number of ether oxygens (including phenoxy) is 2. The van der Waals surface area contributed by atoms with E-state index in [0.29, 0.717) is 17.7 Å². The van der Waals surface area contributed by atoms with Crippen LogP contribution in [0.2, 0.25) is 0 Å². The number of anilines is 2. The van der Waals surface area contributed by atoms with E-state index in [4.69, 9.17) is 9.47 Å². The summed E-state index contributed by atoms with van der Waals surface area (Å²) in [5, 5.41) is 8.65. The molecule has 0 heterocycles. The first-order valence-corrected chi connectivity index (χ1v) is 11.6. The monoisotopic (exact) mass is 542 g/mol. The summed E-state index contributed by atoms with van der Waals surface area (Å²) in [5.74, 6) is -2.10. The molecule has 0 aromatic heterocycles. The summed E-state index contributed by atoms with van der Waals surface area (Å²) in [4.78, 5) is 36.4. The number of rotatable bonds is 9. The van der Waals surface area contributed by atoms with Crippen LogP contribution < -0.4 is 25.5 Å². The third-order valence-electron chi connectivity index (χ3n) is 5.25. The van der Waals surface area contributed by atoms with Crippen LogP contribution in [-0.2, 0) is 27.0 Å². The molecular weight excluding hydrogens is 517 g/mol. The smallest absolute Gasteiger partial charge is 0.416 e. The second-order valence-electron chi connectivity index (χ2n) is 7.99. The summed E-state index contributed by atoms with van der Waals surface area (Å²) in [6.07, 6.45) is -2.58. The molecule has 3 aromatic rings. The number of carbonyl (C=O) groups excluding carboxylic acids is 3. The molecule has 3 rings (SSSR count). The van der Waals surface area contributed by atoms with Crippen molar-refractivity contribution < 1.29 is 37.0 Å². The molecule has 0 fully saturated rings. The molecule has 39 heavy (non-hydrogen) atoms. The highest BCUT2D eigenvalue weighted by molar-refractivity contribution is 6.39. The van der Waals surface area contributed by atoms with Gasteiger partial charge in [-0.1, -0.05) is 31.2 Å². The number of para-hydroxylation sites is 1. The van der Waals surface area contributed by atoms with Gasteiger partial charge in [-0.2, -0.15) is 18.3 Å². The summed E-state index contributed by atoms with van der Waals surface area (Å²) in [6, 6.07) is 15.9. The SMILES string of the molecule is CCc1ccccc1NC(=O)C(=O)N/N=C\c1ccc(OCC(=O)Nc2cccc(C(F)(F)F)c2)c(OC)c1. The number of methoxy groups -OCH3 is 1. The Morgan fingerprint density at radius 3 is 2.41 bits per heavy atom. The lowest BCUT2D eigenvalue weighted by atomic mass is 10.1. The van der Waals surface area contributed by atoms with Crippen molar-refractivity contribution in [2.45, 2.75) is 19.5 Å². The molecule has 0 bridgehead atoms. The maximum atomic E-state index is 12.9. The van der Waals surface area contributed by atoms with Crippen LogP contribution in [-0.4, -0.2) is 37.7 Å². The lowest BCUT2D eigenvalue weighted by Gasteiger charge is -2.12. The van der Waals surface area contributed by atoms with Gasteiger partial charge in [0.1, 0.15) is 0 Å². The molecule has 3 amide bonds. The summed E-state index contributed by atoms with van der Waals surface area (Å²) >= 11 is 0. The van der Waals surface area contributed by atoms with Gasteiger partial charge in [0.2, 0.25) is 0 Å². The molecule has 12 heteroatoms. The number of nitrogens with one attached hydrogen (secondary N) is 3. The van der Waals surface area contributed by atoms with E-state index < -0.39 is 36.1 Å². The van der Waals surface area contributed by atoms with Crippen LogP contribution in [0.25, 0.3) is 0 Å². The van der Waals surface area contributed by atoms with Crippen LogP contribution in [0.4, 0.5) is 24.5 Å². The van der Waals surface area contributed by atoms with E-state index in [-0.39, 0.29) is 17.2 Å². The zero-order valence-corrected chi connectivity index (χ0v) is 21.0. The van der Waals surface area contributed by atoms with Crippen molar-refractivity contribution in [3.8, 4) is 11.5 Å². The van der Waals surface area contributed by atoms with Crippen molar-refractivity contribution in [1.29, 1.82) is 0 Å². The number of hydrogen-bond acceptors (Lipinski definition) is 6. The average molecular weight is 543 g/mol. The number of aryl methyl sites for hydroxylation is 1. The Labute approximate surface area is 222 Å². The van der Waals surface area contributed by atoms with Crippen LogP contribution in [0.1, 0.15) is 23.6 Å². The molecule has 0 unspecified atom stereocenters. The minimum absolute atomic E-state index is 0.0257. The Kier molecular flexibility index (Phi) is 9.63. The molecule has 0 spiro atoms. The Balaban J connectivity index is 1.54. The summed E-state index contributed by atoms with van der Waals surface area (Å²) in [7, 11) is 1.37. The van der Waals surface area contributed by atoms with Crippen LogP contribution >= 0.6 is 0 Å². The van der Waals surface area contributed by atoms with E-state index in [0.717, 1.165) is 17.7 Å². The first-order chi connectivity index (χ1) is 18.6. The molecule has 9 nitrogen and oxygen atoms in total. The predicted octanol–water partition coefficient (Wildman–Crippen LogP) is 4.38. The Bertz CT molecular complexity index is 1380. The van der Waals surface area contributed by atoms with E-state index in [1.54, 1.807) is 18.2 Å². The zero-order chi connectivity index (χ0) is 28.4. The van der Waals surface area contributed by atoms with Gasteiger partial charge in [-0.05, 0) is 60.0 Å². The molecule has 3 N–H and O–H groups in total. The standard InChI is InChI=1S/C27H25F3N4O5/c1-3-18-7-4-5-10-21(18)33-25(36)26(37)34-31-15-17-11-12-22(23(13-17)38-2)39-16-24(35)32-20-9-6-8-19(14-20)27(28,29)30/h4-15H,3,16H2,1-2H3,(H,32,35)(H,33,36)(H,34,37)/b31-15-. The van der Waals surface area contributed by atoms with E-state index in [2.05, 4.69) is 21.2 Å². The predicted molar refractivity (Wildman–Crippen MR) is 139 cm³/mol. The quantitative estimate of drug-likeness (QED) is 0.211. The Hall–Kier alpha value is -4.87. The molecule has 0 radical (unpaired) electrons. The zero-order valence-electron chi connectivity index (χ0n) is 21.0. The van der Waals surface area contributed by atoms with Crippen LogP contribution in [0.3, 0.4) is 0 Å². The topological polar surface area (TPSA) is 118 Å². The van der Waals surface area contributed by atoms with Crippen molar-refractivity contribution in [3.63, 3.8) is 0 Å². The van der Waals surface area contributed by atoms with Crippen LogP contribution in [0.5, 0.6) is 11.5 Å². The van der Waals surface area contributed by atoms with Gasteiger partial charge in [-0.3, -0.25) is 14.4 Å². The van der Waals surface area contributed by atoms with Crippen LogP contribution in [0.15, 0.2) is 71.8 Å². The minimum Gasteiger partial charge on any atom is -0.493 e. The molecule has 204 valence electrons. The normalized spacial score (nSPS) is 11.1. The fourth-order valence-electron chi connectivity index (χ4n) is 3.34. The minimum atomic E-state index is -4.54. The molecule has 0 aliphatic rings. The number of alkyl halides is 3. The van der Waals surface area contributed by atoms with Gasteiger partial charge in [-0.15, -0.1) is 0 Å². The molecule has 0 saturated carbocycles. The largest absolute Gasteiger partial charge is 0.493 e.